The van der Waals surface area contributed by atoms with Crippen LogP contribution in [0.5, 0.6) is 0 Å². The van der Waals surface area contributed by atoms with Crippen LogP contribution in [-0.2, 0) is 18.4 Å². The van der Waals surface area contributed by atoms with Gasteiger partial charge in [-0.1, -0.05) is 6.42 Å². The standard InChI is InChI=1S/C19H22N4O2S/c1-14-10-16(12-21(2)19(14)24)15-6-7-17-20-11-18(23(17)13-15)26(25)22-8-4-3-5-9-22/h6-7,10-13H,3-5,8-9H2,1-2H3. The Hall–Kier alpha value is -2.09. The van der Waals surface area contributed by atoms with Gasteiger partial charge in [0.25, 0.3) is 10.6 Å². The molecule has 1 fully saturated rings. The minimum Gasteiger partial charge on any atom is -0.591 e. The maximum atomic E-state index is 13.0. The van der Waals surface area contributed by atoms with Crippen LogP contribution in [0.25, 0.3) is 16.8 Å². The fourth-order valence-electron chi connectivity index (χ4n) is 3.46. The Bertz CT molecular complexity index is 978. The van der Waals surface area contributed by atoms with E-state index in [1.165, 1.54) is 6.42 Å². The first-order valence-corrected chi connectivity index (χ1v) is 9.97. The molecular formula is C19H22N4O2S. The van der Waals surface area contributed by atoms with Gasteiger partial charge in [-0.3, -0.25) is 9.20 Å². The molecule has 3 aromatic heterocycles. The van der Waals surface area contributed by atoms with Crippen molar-refractivity contribution in [3.8, 4) is 11.1 Å². The van der Waals surface area contributed by atoms with Crippen molar-refractivity contribution in [2.24, 2.45) is 7.05 Å². The minimum absolute atomic E-state index is 0.00403. The van der Waals surface area contributed by atoms with Gasteiger partial charge in [-0.05, 0) is 43.5 Å². The van der Waals surface area contributed by atoms with E-state index in [1.54, 1.807) is 17.8 Å². The average Bonchev–Trinajstić information content (AvgIpc) is 3.09. The van der Waals surface area contributed by atoms with Crippen LogP contribution in [0.1, 0.15) is 24.8 Å². The number of fused-ring (bicyclic) bond motifs is 1. The third-order valence-corrected chi connectivity index (χ3v) is 6.39. The molecule has 136 valence electrons. The van der Waals surface area contributed by atoms with E-state index < -0.39 is 11.4 Å². The molecule has 6 nitrogen and oxygen atoms in total. The topological polar surface area (TPSA) is 65.6 Å². The summed E-state index contributed by atoms with van der Waals surface area (Å²) in [6.45, 7) is 3.54. The van der Waals surface area contributed by atoms with Crippen molar-refractivity contribution in [1.82, 2.24) is 18.3 Å². The summed E-state index contributed by atoms with van der Waals surface area (Å²) in [5.41, 5.74) is 3.40. The molecule has 0 bridgehead atoms. The Morgan fingerprint density at radius 3 is 2.62 bits per heavy atom. The Labute approximate surface area is 155 Å². The Balaban J connectivity index is 1.76. The summed E-state index contributed by atoms with van der Waals surface area (Å²) in [4.78, 5) is 16.4. The zero-order chi connectivity index (χ0) is 18.3. The first-order chi connectivity index (χ1) is 12.5. The zero-order valence-corrected chi connectivity index (χ0v) is 15.8. The van der Waals surface area contributed by atoms with Gasteiger partial charge in [-0.2, -0.15) is 0 Å². The summed E-state index contributed by atoms with van der Waals surface area (Å²) in [5, 5.41) is 0.699. The van der Waals surface area contributed by atoms with E-state index in [4.69, 9.17) is 0 Å². The lowest BCUT2D eigenvalue weighted by molar-refractivity contribution is 0.345. The lowest BCUT2D eigenvalue weighted by Crippen LogP contribution is -2.36. The lowest BCUT2D eigenvalue weighted by atomic mass is 10.1. The number of rotatable bonds is 3. The van der Waals surface area contributed by atoms with Crippen molar-refractivity contribution < 1.29 is 4.55 Å². The third kappa shape index (κ3) is 3.06. The monoisotopic (exact) mass is 370 g/mol. The molecule has 4 rings (SSSR count). The van der Waals surface area contributed by atoms with Gasteiger partial charge in [0.15, 0.2) is 0 Å². The van der Waals surface area contributed by atoms with Gasteiger partial charge >= 0.3 is 0 Å². The van der Waals surface area contributed by atoms with Crippen molar-refractivity contribution in [2.45, 2.75) is 31.2 Å². The molecule has 7 heteroatoms. The van der Waals surface area contributed by atoms with Gasteiger partial charge in [0.1, 0.15) is 23.2 Å². The first-order valence-electron chi connectivity index (χ1n) is 8.86. The number of piperidine rings is 1. The van der Waals surface area contributed by atoms with E-state index in [0.29, 0.717) is 10.6 Å². The van der Waals surface area contributed by atoms with E-state index in [1.807, 2.05) is 46.2 Å². The maximum Gasteiger partial charge on any atom is 0.270 e. The van der Waals surface area contributed by atoms with Gasteiger partial charge in [-0.25, -0.2) is 4.98 Å². The quantitative estimate of drug-likeness (QED) is 0.665. The zero-order valence-electron chi connectivity index (χ0n) is 15.0. The summed E-state index contributed by atoms with van der Waals surface area (Å²) < 4.78 is 18.5. The van der Waals surface area contributed by atoms with Crippen LogP contribution >= 0.6 is 0 Å². The molecule has 1 unspecified atom stereocenters. The molecule has 0 amide bonds. The molecule has 0 N–H and O–H groups in total. The van der Waals surface area contributed by atoms with Crippen molar-refractivity contribution in [2.75, 3.05) is 13.1 Å². The summed E-state index contributed by atoms with van der Waals surface area (Å²) in [5.74, 6) is 0. The first kappa shape index (κ1) is 17.3. The number of pyridine rings is 2. The molecule has 0 aliphatic carbocycles. The second kappa shape index (κ2) is 6.90. The van der Waals surface area contributed by atoms with Crippen LogP contribution in [-0.4, -0.2) is 35.9 Å². The van der Waals surface area contributed by atoms with Crippen LogP contribution in [0, 0.1) is 6.92 Å². The summed E-state index contributed by atoms with van der Waals surface area (Å²) in [7, 11) is 1.76. The largest absolute Gasteiger partial charge is 0.591 e. The summed E-state index contributed by atoms with van der Waals surface area (Å²) in [6.07, 6.45) is 8.87. The van der Waals surface area contributed by atoms with Gasteiger partial charge in [-0.15, -0.1) is 4.31 Å². The van der Waals surface area contributed by atoms with E-state index in [2.05, 4.69) is 4.98 Å². The molecule has 0 spiro atoms. The molecule has 0 radical (unpaired) electrons. The second-order valence-corrected chi connectivity index (χ2v) is 8.24. The van der Waals surface area contributed by atoms with Crippen molar-refractivity contribution in [3.63, 3.8) is 0 Å². The van der Waals surface area contributed by atoms with Crippen LogP contribution in [0.15, 0.2) is 46.6 Å². The lowest BCUT2D eigenvalue weighted by Gasteiger charge is -2.26. The Morgan fingerprint density at radius 2 is 1.88 bits per heavy atom. The van der Waals surface area contributed by atoms with Gasteiger partial charge in [0.2, 0.25) is 0 Å². The molecular weight excluding hydrogens is 348 g/mol. The predicted octanol–water partition coefficient (Wildman–Crippen LogP) is 2.52. The summed E-state index contributed by atoms with van der Waals surface area (Å²) >= 11 is -1.21. The number of aryl methyl sites for hydroxylation is 2. The molecule has 26 heavy (non-hydrogen) atoms. The second-order valence-electron chi connectivity index (χ2n) is 6.81. The number of hydrogen-bond donors (Lipinski definition) is 0. The number of imidazole rings is 1. The predicted molar refractivity (Wildman–Crippen MR) is 102 cm³/mol. The average molecular weight is 370 g/mol. The van der Waals surface area contributed by atoms with Crippen molar-refractivity contribution >= 4 is 17.0 Å². The van der Waals surface area contributed by atoms with E-state index >= 15 is 0 Å². The molecule has 1 aliphatic heterocycles. The maximum absolute atomic E-state index is 13.0. The van der Waals surface area contributed by atoms with Crippen LogP contribution < -0.4 is 5.56 Å². The van der Waals surface area contributed by atoms with E-state index in [0.717, 1.165) is 42.7 Å². The fourth-order valence-corrected chi connectivity index (χ4v) is 4.77. The van der Waals surface area contributed by atoms with Crippen molar-refractivity contribution in [3.05, 3.63) is 52.7 Å². The molecule has 0 saturated carbocycles. The normalized spacial score (nSPS) is 16.9. The molecule has 1 saturated heterocycles. The molecule has 3 aromatic rings. The molecule has 1 aliphatic rings. The highest BCUT2D eigenvalue weighted by molar-refractivity contribution is 7.89. The van der Waals surface area contributed by atoms with Gasteiger partial charge in [0, 0.05) is 43.7 Å². The van der Waals surface area contributed by atoms with E-state index in [9.17, 15) is 9.35 Å². The Kier molecular flexibility index (Phi) is 4.60. The molecule has 0 aromatic carbocycles. The number of nitrogens with zero attached hydrogens (tertiary/aromatic N) is 4. The smallest absolute Gasteiger partial charge is 0.270 e. The van der Waals surface area contributed by atoms with Gasteiger partial charge < -0.3 is 9.12 Å². The van der Waals surface area contributed by atoms with Crippen LogP contribution in [0.3, 0.4) is 0 Å². The van der Waals surface area contributed by atoms with E-state index in [-0.39, 0.29) is 5.56 Å². The van der Waals surface area contributed by atoms with Crippen LogP contribution in [0.4, 0.5) is 0 Å². The third-order valence-electron chi connectivity index (χ3n) is 4.90. The highest BCUT2D eigenvalue weighted by Crippen LogP contribution is 2.25. The molecule has 4 heterocycles. The number of hydrogen-bond acceptors (Lipinski definition) is 4. The van der Waals surface area contributed by atoms with Gasteiger partial charge in [0.05, 0.1) is 0 Å². The van der Waals surface area contributed by atoms with Crippen LogP contribution in [0.2, 0.25) is 0 Å². The Morgan fingerprint density at radius 1 is 1.12 bits per heavy atom. The highest BCUT2D eigenvalue weighted by Gasteiger charge is 2.27. The number of aromatic nitrogens is 3. The minimum atomic E-state index is -1.21. The SMILES string of the molecule is Cc1cc(-c2ccc3ncc([S+]([O-])N4CCCCC4)n3c2)cn(C)c1=O. The van der Waals surface area contributed by atoms with Crippen molar-refractivity contribution in [1.29, 1.82) is 0 Å². The highest BCUT2D eigenvalue weighted by atomic mass is 32.2. The summed E-state index contributed by atoms with van der Waals surface area (Å²) in [6, 6.07) is 5.80. The fraction of sp³-hybridized carbons (Fsp3) is 0.368. The molecule has 1 atom stereocenters.